The number of amides is 1. The first-order valence-corrected chi connectivity index (χ1v) is 17.8. The molecule has 0 unspecified atom stereocenters. The van der Waals surface area contributed by atoms with E-state index in [0.29, 0.717) is 18.5 Å². The van der Waals surface area contributed by atoms with Gasteiger partial charge in [-0.3, -0.25) is 14.7 Å². The molecule has 0 radical (unpaired) electrons. The van der Waals surface area contributed by atoms with E-state index in [1.54, 1.807) is 24.5 Å². The molecule has 7 rings (SSSR count). The molecular formula is C45H43N3O4. The van der Waals surface area contributed by atoms with Gasteiger partial charge in [-0.15, -0.1) is 0 Å². The molecule has 7 heteroatoms. The molecule has 0 spiro atoms. The molecule has 5 aromatic carbocycles. The van der Waals surface area contributed by atoms with Gasteiger partial charge in [0.05, 0.1) is 24.4 Å². The number of aliphatic hydroxyl groups excluding tert-OH is 1. The Labute approximate surface area is 305 Å². The minimum atomic E-state index is -0.585. The van der Waals surface area contributed by atoms with Crippen LogP contribution in [0.15, 0.2) is 158 Å². The van der Waals surface area contributed by atoms with Crippen LogP contribution in [0.1, 0.15) is 62.6 Å². The molecule has 1 fully saturated rings. The maximum absolute atomic E-state index is 12.6. The number of aliphatic hydroxyl groups is 1. The zero-order chi connectivity index (χ0) is 35.5. The van der Waals surface area contributed by atoms with Crippen LogP contribution >= 0.6 is 0 Å². The molecule has 1 aliphatic rings. The number of nitrogens with zero attached hydrogens (tertiary/aromatic N) is 2. The van der Waals surface area contributed by atoms with Crippen LogP contribution in [-0.4, -0.2) is 33.5 Å². The van der Waals surface area contributed by atoms with Crippen LogP contribution in [0.4, 0.5) is 0 Å². The number of pyridine rings is 1. The van der Waals surface area contributed by atoms with Gasteiger partial charge in [-0.05, 0) is 63.2 Å². The number of carbonyl (C=O) groups excluding carboxylic acids is 1. The van der Waals surface area contributed by atoms with Gasteiger partial charge in [0.1, 0.15) is 0 Å². The first kappa shape index (κ1) is 35.0. The summed E-state index contributed by atoms with van der Waals surface area (Å²) in [4.78, 5) is 19.1. The Morgan fingerprint density at radius 1 is 0.692 bits per heavy atom. The molecular weight excluding hydrogens is 647 g/mol. The van der Waals surface area contributed by atoms with Gasteiger partial charge in [0, 0.05) is 50.6 Å². The predicted molar refractivity (Wildman–Crippen MR) is 203 cm³/mol. The van der Waals surface area contributed by atoms with Crippen LogP contribution in [0.2, 0.25) is 0 Å². The standard InChI is InChI=1S/C45H43N3O4/c49-32-35-19-21-37(22-20-35)43-26-42(31-48(29-33-10-3-1-4-11-33)30-34-12-5-2-6-13-34)51-45(52-43)40-17-8-16-39(25-40)38-15-7-14-36(24-38)27-47-44(50)41-18-9-23-46-28-41/h1-25,28,42-43,45,49H,26-27,29-32H2,(H,47,50)/t42-,43+,45+/m1/s1. The van der Waals surface area contributed by atoms with Crippen molar-refractivity contribution in [2.24, 2.45) is 0 Å². The zero-order valence-electron chi connectivity index (χ0n) is 29.1. The molecule has 0 saturated carbocycles. The zero-order valence-corrected chi connectivity index (χ0v) is 29.1. The molecule has 2 heterocycles. The van der Waals surface area contributed by atoms with E-state index < -0.39 is 6.29 Å². The third-order valence-electron chi connectivity index (χ3n) is 9.37. The van der Waals surface area contributed by atoms with Gasteiger partial charge >= 0.3 is 0 Å². The summed E-state index contributed by atoms with van der Waals surface area (Å²) in [6.07, 6.45) is 3.03. The fraction of sp³-hybridized carbons (Fsp3) is 0.200. The van der Waals surface area contributed by atoms with Crippen LogP contribution < -0.4 is 5.32 Å². The van der Waals surface area contributed by atoms with Gasteiger partial charge in [-0.2, -0.15) is 0 Å². The minimum absolute atomic E-state index is 0.00103. The highest BCUT2D eigenvalue weighted by molar-refractivity contribution is 5.93. The van der Waals surface area contributed by atoms with E-state index in [-0.39, 0.29) is 24.7 Å². The lowest BCUT2D eigenvalue weighted by atomic mass is 9.98. The van der Waals surface area contributed by atoms with Crippen LogP contribution in [0.3, 0.4) is 0 Å². The fourth-order valence-electron chi connectivity index (χ4n) is 6.70. The number of rotatable bonds is 13. The molecule has 1 aliphatic heterocycles. The van der Waals surface area contributed by atoms with E-state index in [2.05, 4.69) is 118 Å². The first-order valence-electron chi connectivity index (χ1n) is 17.8. The summed E-state index contributed by atoms with van der Waals surface area (Å²) >= 11 is 0. The molecule has 1 saturated heterocycles. The number of ether oxygens (including phenoxy) is 2. The molecule has 1 aromatic heterocycles. The second kappa shape index (κ2) is 17.2. The molecule has 52 heavy (non-hydrogen) atoms. The number of hydrogen-bond donors (Lipinski definition) is 2. The van der Waals surface area contributed by atoms with Crippen LogP contribution in [0.25, 0.3) is 11.1 Å². The van der Waals surface area contributed by atoms with Crippen molar-refractivity contribution >= 4 is 5.91 Å². The summed E-state index contributed by atoms with van der Waals surface area (Å²) in [5.41, 5.74) is 8.97. The monoisotopic (exact) mass is 689 g/mol. The number of aromatic nitrogens is 1. The van der Waals surface area contributed by atoms with E-state index in [9.17, 15) is 9.90 Å². The Hall–Kier alpha value is -5.44. The lowest BCUT2D eigenvalue weighted by molar-refractivity contribution is -0.253. The molecule has 2 N–H and O–H groups in total. The van der Waals surface area contributed by atoms with E-state index in [1.165, 1.54) is 11.1 Å². The maximum Gasteiger partial charge on any atom is 0.253 e. The van der Waals surface area contributed by atoms with Gasteiger partial charge in [0.15, 0.2) is 6.29 Å². The van der Waals surface area contributed by atoms with E-state index in [1.807, 2.05) is 30.3 Å². The van der Waals surface area contributed by atoms with Crippen molar-refractivity contribution in [2.75, 3.05) is 6.54 Å². The van der Waals surface area contributed by atoms with Crippen molar-refractivity contribution in [1.29, 1.82) is 0 Å². The summed E-state index contributed by atoms with van der Waals surface area (Å²) in [5, 5.41) is 12.7. The quantitative estimate of drug-likeness (QED) is 0.127. The molecule has 0 aliphatic carbocycles. The highest BCUT2D eigenvalue weighted by atomic mass is 16.7. The Balaban J connectivity index is 1.13. The number of hydrogen-bond acceptors (Lipinski definition) is 6. The topological polar surface area (TPSA) is 83.9 Å². The molecule has 0 bridgehead atoms. The van der Waals surface area contributed by atoms with E-state index in [0.717, 1.165) is 53.0 Å². The SMILES string of the molecule is O=C(NCc1cccc(-c2cccc([C@H]3O[C@@H](CN(Cc4ccccc4)Cc4ccccc4)C[C@@H](c4ccc(CO)cc4)O3)c2)c1)c1cccnc1. The highest BCUT2D eigenvalue weighted by Gasteiger charge is 2.33. The Bertz CT molecular complexity index is 1980. The largest absolute Gasteiger partial charge is 0.392 e. The molecule has 7 nitrogen and oxygen atoms in total. The molecule has 3 atom stereocenters. The van der Waals surface area contributed by atoms with E-state index >= 15 is 0 Å². The van der Waals surface area contributed by atoms with Crippen molar-refractivity contribution < 1.29 is 19.4 Å². The van der Waals surface area contributed by atoms with Crippen LogP contribution in [0, 0.1) is 0 Å². The number of benzene rings is 5. The van der Waals surface area contributed by atoms with Crippen molar-refractivity contribution in [1.82, 2.24) is 15.2 Å². The molecule has 1 amide bonds. The third-order valence-corrected chi connectivity index (χ3v) is 9.37. The maximum atomic E-state index is 12.6. The predicted octanol–water partition coefficient (Wildman–Crippen LogP) is 8.42. The average Bonchev–Trinajstić information content (AvgIpc) is 3.21. The first-order chi connectivity index (χ1) is 25.6. The van der Waals surface area contributed by atoms with Gasteiger partial charge in [0.25, 0.3) is 5.91 Å². The third kappa shape index (κ3) is 9.26. The van der Waals surface area contributed by atoms with Crippen molar-refractivity contribution in [3.8, 4) is 11.1 Å². The van der Waals surface area contributed by atoms with E-state index in [4.69, 9.17) is 9.47 Å². The van der Waals surface area contributed by atoms with Gasteiger partial charge in [-0.25, -0.2) is 0 Å². The smallest absolute Gasteiger partial charge is 0.253 e. The number of nitrogens with one attached hydrogen (secondary N) is 1. The van der Waals surface area contributed by atoms with Gasteiger partial charge < -0.3 is 19.9 Å². The Morgan fingerprint density at radius 3 is 2.04 bits per heavy atom. The number of carbonyl (C=O) groups is 1. The van der Waals surface area contributed by atoms with Crippen molar-refractivity contribution in [3.63, 3.8) is 0 Å². The lowest BCUT2D eigenvalue weighted by Crippen LogP contribution is -2.39. The minimum Gasteiger partial charge on any atom is -0.392 e. The summed E-state index contributed by atoms with van der Waals surface area (Å²) in [5.74, 6) is -0.159. The van der Waals surface area contributed by atoms with Gasteiger partial charge in [-0.1, -0.05) is 121 Å². The highest BCUT2D eigenvalue weighted by Crippen LogP contribution is 2.39. The second-order valence-corrected chi connectivity index (χ2v) is 13.2. The molecule has 262 valence electrons. The van der Waals surface area contributed by atoms with Crippen LogP contribution in [-0.2, 0) is 35.7 Å². The second-order valence-electron chi connectivity index (χ2n) is 13.2. The summed E-state index contributed by atoms with van der Waals surface area (Å²) in [6.45, 7) is 2.72. The fourth-order valence-corrected chi connectivity index (χ4v) is 6.70. The molecule has 6 aromatic rings. The van der Waals surface area contributed by atoms with Crippen molar-refractivity contribution in [2.45, 2.75) is 51.2 Å². The summed E-state index contributed by atoms with van der Waals surface area (Å²) < 4.78 is 13.6. The Morgan fingerprint density at radius 2 is 1.37 bits per heavy atom. The average molecular weight is 690 g/mol. The van der Waals surface area contributed by atoms with Crippen molar-refractivity contribution in [3.05, 3.63) is 197 Å². The lowest BCUT2D eigenvalue weighted by Gasteiger charge is -2.38. The summed E-state index contributed by atoms with van der Waals surface area (Å²) in [7, 11) is 0. The normalized spacial score (nSPS) is 17.2. The van der Waals surface area contributed by atoms with Gasteiger partial charge in [0.2, 0.25) is 0 Å². The summed E-state index contributed by atoms with van der Waals surface area (Å²) in [6, 6.07) is 49.2. The van der Waals surface area contributed by atoms with Crippen LogP contribution in [0.5, 0.6) is 0 Å². The Kier molecular flexibility index (Phi) is 11.6.